The summed E-state index contributed by atoms with van der Waals surface area (Å²) in [6, 6.07) is 4.65. The van der Waals surface area contributed by atoms with Crippen molar-refractivity contribution >= 4 is 28.5 Å². The first-order chi connectivity index (χ1) is 12.0. The van der Waals surface area contributed by atoms with Gasteiger partial charge in [0, 0.05) is 24.0 Å². The molecule has 2 aromatic rings. The predicted octanol–water partition coefficient (Wildman–Crippen LogP) is 2.19. The number of benzene rings is 1. The Morgan fingerprint density at radius 3 is 2.88 bits per heavy atom. The summed E-state index contributed by atoms with van der Waals surface area (Å²) >= 11 is 1.29. The molecule has 1 aliphatic heterocycles. The zero-order valence-electron chi connectivity index (χ0n) is 13.1. The van der Waals surface area contributed by atoms with Gasteiger partial charge in [-0.25, -0.2) is 19.0 Å². The summed E-state index contributed by atoms with van der Waals surface area (Å²) in [6.45, 7) is 0.470. The predicted molar refractivity (Wildman–Crippen MR) is 89.3 cm³/mol. The first kappa shape index (κ1) is 17.3. The molecule has 1 unspecified atom stereocenters. The molecule has 2 N–H and O–H groups in total. The van der Waals surface area contributed by atoms with Crippen LogP contribution in [0.15, 0.2) is 30.5 Å². The van der Waals surface area contributed by atoms with Crippen LogP contribution in [0.3, 0.4) is 0 Å². The average molecular weight is 365 g/mol. The van der Waals surface area contributed by atoms with Gasteiger partial charge < -0.3 is 14.7 Å². The van der Waals surface area contributed by atoms with Crippen molar-refractivity contribution in [2.24, 2.45) is 0 Å². The van der Waals surface area contributed by atoms with E-state index in [9.17, 15) is 14.0 Å². The molecule has 2 heterocycles. The summed E-state index contributed by atoms with van der Waals surface area (Å²) in [7, 11) is 0. The van der Waals surface area contributed by atoms with Crippen LogP contribution in [0.5, 0.6) is 0 Å². The van der Waals surface area contributed by atoms with E-state index in [1.54, 1.807) is 18.3 Å². The Kier molecular flexibility index (Phi) is 5.25. The molecule has 9 heteroatoms. The van der Waals surface area contributed by atoms with E-state index in [4.69, 9.17) is 9.84 Å². The third kappa shape index (κ3) is 4.31. The van der Waals surface area contributed by atoms with Gasteiger partial charge in [0.15, 0.2) is 11.2 Å². The third-order valence-electron chi connectivity index (χ3n) is 3.73. The van der Waals surface area contributed by atoms with Crippen molar-refractivity contribution in [3.63, 3.8) is 0 Å². The quantitative estimate of drug-likeness (QED) is 0.867. The smallest absolute Gasteiger partial charge is 0.328 e. The molecule has 7 nitrogen and oxygen atoms in total. The fourth-order valence-electron chi connectivity index (χ4n) is 2.47. The number of thiazole rings is 1. The molecule has 2 amide bonds. The number of carbonyl (C=O) groups is 2. The van der Waals surface area contributed by atoms with E-state index in [2.05, 4.69) is 10.3 Å². The molecule has 132 valence electrons. The fourth-order valence-corrected chi connectivity index (χ4v) is 3.30. The first-order valence-electron chi connectivity index (χ1n) is 7.60. The number of rotatable bonds is 4. The molecule has 25 heavy (non-hydrogen) atoms. The van der Waals surface area contributed by atoms with Crippen LogP contribution >= 0.6 is 11.3 Å². The Hall–Kier alpha value is -2.52. The number of carbonyl (C=O) groups excluding carboxylic acids is 1. The molecule has 1 saturated heterocycles. The molecular weight excluding hydrogens is 349 g/mol. The monoisotopic (exact) mass is 365 g/mol. The lowest BCUT2D eigenvalue weighted by atomic mass is 10.1. The van der Waals surface area contributed by atoms with Crippen LogP contribution in [0.4, 0.5) is 14.3 Å². The maximum absolute atomic E-state index is 12.9. The maximum atomic E-state index is 12.9. The van der Waals surface area contributed by atoms with Crippen LogP contribution in [0.2, 0.25) is 0 Å². The topological polar surface area (TPSA) is 91.8 Å². The van der Waals surface area contributed by atoms with Crippen LogP contribution in [0.1, 0.15) is 10.4 Å². The summed E-state index contributed by atoms with van der Waals surface area (Å²) < 4.78 is 18.0. The number of aliphatic carboxylic acids is 1. The van der Waals surface area contributed by atoms with Gasteiger partial charge in [-0.05, 0) is 17.7 Å². The van der Waals surface area contributed by atoms with Crippen molar-refractivity contribution in [1.29, 1.82) is 0 Å². The number of nitrogens with one attached hydrogen (secondary N) is 1. The molecule has 0 bridgehead atoms. The molecule has 1 aliphatic rings. The molecule has 0 aliphatic carbocycles. The SMILES string of the molecule is O=C(O)C1COCCN1C(=O)Nc1ncc(Cc2ccc(F)cc2)s1. The van der Waals surface area contributed by atoms with E-state index in [0.29, 0.717) is 18.2 Å². The lowest BCUT2D eigenvalue weighted by Gasteiger charge is -2.32. The number of ether oxygens (including phenoxy) is 1. The summed E-state index contributed by atoms with van der Waals surface area (Å²) in [5.41, 5.74) is 0.932. The number of carboxylic acid groups (broad SMARTS) is 1. The lowest BCUT2D eigenvalue weighted by Crippen LogP contribution is -2.53. The number of morpholine rings is 1. The van der Waals surface area contributed by atoms with Gasteiger partial charge in [-0.1, -0.05) is 12.1 Å². The second-order valence-electron chi connectivity index (χ2n) is 5.49. The van der Waals surface area contributed by atoms with Crippen molar-refractivity contribution in [3.05, 3.63) is 46.7 Å². The summed E-state index contributed by atoms with van der Waals surface area (Å²) in [5, 5.41) is 12.2. The molecule has 0 radical (unpaired) electrons. The number of halogens is 1. The maximum Gasteiger partial charge on any atom is 0.328 e. The number of hydrogen-bond donors (Lipinski definition) is 2. The first-order valence-corrected chi connectivity index (χ1v) is 8.42. The number of nitrogens with zero attached hydrogens (tertiary/aromatic N) is 2. The molecule has 1 fully saturated rings. The Morgan fingerprint density at radius 1 is 1.40 bits per heavy atom. The Morgan fingerprint density at radius 2 is 2.16 bits per heavy atom. The second-order valence-corrected chi connectivity index (χ2v) is 6.60. The average Bonchev–Trinajstić information content (AvgIpc) is 3.03. The Bertz CT molecular complexity index is 765. The van der Waals surface area contributed by atoms with Gasteiger partial charge in [0.25, 0.3) is 0 Å². The van der Waals surface area contributed by atoms with Crippen LogP contribution in [0.25, 0.3) is 0 Å². The lowest BCUT2D eigenvalue weighted by molar-refractivity contribution is -0.147. The Balaban J connectivity index is 1.63. The second kappa shape index (κ2) is 7.58. The normalized spacial score (nSPS) is 17.3. The molecule has 1 aromatic carbocycles. The minimum Gasteiger partial charge on any atom is -0.480 e. The van der Waals surface area contributed by atoms with Crippen molar-refractivity contribution in [3.8, 4) is 0 Å². The Labute approximate surface area is 147 Å². The van der Waals surface area contributed by atoms with Crippen molar-refractivity contribution in [2.45, 2.75) is 12.5 Å². The summed E-state index contributed by atoms with van der Waals surface area (Å²) in [4.78, 5) is 29.8. The van der Waals surface area contributed by atoms with Crippen molar-refractivity contribution in [2.75, 3.05) is 25.1 Å². The molecule has 1 atom stereocenters. The van der Waals surface area contributed by atoms with E-state index in [1.807, 2.05) is 0 Å². The van der Waals surface area contributed by atoms with Crippen LogP contribution in [-0.2, 0) is 16.0 Å². The minimum absolute atomic E-state index is 0.0313. The molecule has 3 rings (SSSR count). The highest BCUT2D eigenvalue weighted by Gasteiger charge is 2.33. The van der Waals surface area contributed by atoms with Gasteiger partial charge in [0.05, 0.1) is 13.2 Å². The number of aromatic nitrogens is 1. The summed E-state index contributed by atoms with van der Waals surface area (Å²) in [6.07, 6.45) is 2.21. The molecule has 1 aromatic heterocycles. The number of carboxylic acids is 1. The highest BCUT2D eigenvalue weighted by molar-refractivity contribution is 7.15. The van der Waals surface area contributed by atoms with E-state index in [-0.39, 0.29) is 19.0 Å². The zero-order valence-corrected chi connectivity index (χ0v) is 14.0. The third-order valence-corrected chi connectivity index (χ3v) is 4.65. The van der Waals surface area contributed by atoms with Crippen molar-refractivity contribution < 1.29 is 23.8 Å². The van der Waals surface area contributed by atoms with E-state index >= 15 is 0 Å². The molecular formula is C16H16FN3O4S. The molecule has 0 saturated carbocycles. The highest BCUT2D eigenvalue weighted by Crippen LogP contribution is 2.22. The standard InChI is InChI=1S/C16H16FN3O4S/c17-11-3-1-10(2-4-11)7-12-8-18-15(25-12)19-16(23)20-5-6-24-9-13(20)14(21)22/h1-4,8,13H,5-7,9H2,(H,21,22)(H,18,19,23). The fraction of sp³-hybridized carbons (Fsp3) is 0.312. The number of anilines is 1. The van der Waals surface area contributed by atoms with Gasteiger partial charge in [-0.15, -0.1) is 11.3 Å². The van der Waals surface area contributed by atoms with Crippen molar-refractivity contribution in [1.82, 2.24) is 9.88 Å². The van der Waals surface area contributed by atoms with Crippen LogP contribution in [-0.4, -0.2) is 52.8 Å². The van der Waals surface area contributed by atoms with Gasteiger partial charge in [0.1, 0.15) is 5.82 Å². The van der Waals surface area contributed by atoms with Gasteiger partial charge in [-0.3, -0.25) is 5.32 Å². The highest BCUT2D eigenvalue weighted by atomic mass is 32.1. The van der Waals surface area contributed by atoms with E-state index in [0.717, 1.165) is 10.4 Å². The zero-order chi connectivity index (χ0) is 17.8. The number of hydrogen-bond acceptors (Lipinski definition) is 5. The van der Waals surface area contributed by atoms with Gasteiger partial charge in [-0.2, -0.15) is 0 Å². The number of urea groups is 1. The van der Waals surface area contributed by atoms with E-state index in [1.165, 1.54) is 28.4 Å². The molecule has 0 spiro atoms. The van der Waals surface area contributed by atoms with Crippen LogP contribution in [0, 0.1) is 5.82 Å². The van der Waals surface area contributed by atoms with E-state index < -0.39 is 18.0 Å². The summed E-state index contributed by atoms with van der Waals surface area (Å²) in [5.74, 6) is -1.40. The van der Waals surface area contributed by atoms with Crippen LogP contribution < -0.4 is 5.32 Å². The van der Waals surface area contributed by atoms with Gasteiger partial charge in [0.2, 0.25) is 0 Å². The minimum atomic E-state index is -1.11. The number of amides is 2. The van der Waals surface area contributed by atoms with Gasteiger partial charge >= 0.3 is 12.0 Å². The largest absolute Gasteiger partial charge is 0.480 e.